The standard InChI is InChI=1S/C22H29ClN2O3S/c1-5-21(22(26)24-14-6-7-18-11-8-16(2)9-12-18)25(29(4,27)28)19-13-10-17(3)20(23)15-19/h8-13,15,21H,5-7,14H2,1-4H3,(H,24,26)/t21-/m1/s1. The maximum Gasteiger partial charge on any atom is 0.243 e. The number of nitrogens with zero attached hydrogens (tertiary/aromatic N) is 1. The summed E-state index contributed by atoms with van der Waals surface area (Å²) in [5, 5.41) is 3.35. The average Bonchev–Trinajstić information content (AvgIpc) is 2.66. The molecule has 0 heterocycles. The van der Waals surface area contributed by atoms with Gasteiger partial charge in [0.05, 0.1) is 11.9 Å². The first-order valence-electron chi connectivity index (χ1n) is 9.72. The van der Waals surface area contributed by atoms with Crippen LogP contribution in [0, 0.1) is 13.8 Å². The molecule has 2 aromatic carbocycles. The van der Waals surface area contributed by atoms with E-state index in [1.165, 1.54) is 11.1 Å². The Morgan fingerprint density at radius 1 is 1.14 bits per heavy atom. The quantitative estimate of drug-likeness (QED) is 0.597. The highest BCUT2D eigenvalue weighted by Crippen LogP contribution is 2.27. The molecule has 1 amide bonds. The predicted octanol–water partition coefficient (Wildman–Crippen LogP) is 4.25. The van der Waals surface area contributed by atoms with Crippen molar-refractivity contribution in [3.8, 4) is 0 Å². The van der Waals surface area contributed by atoms with Crippen LogP contribution in [-0.4, -0.2) is 33.2 Å². The summed E-state index contributed by atoms with van der Waals surface area (Å²) < 4.78 is 26.1. The van der Waals surface area contributed by atoms with Gasteiger partial charge in [-0.25, -0.2) is 8.42 Å². The number of rotatable bonds is 9. The van der Waals surface area contributed by atoms with Crippen LogP contribution in [0.5, 0.6) is 0 Å². The minimum atomic E-state index is -3.67. The zero-order valence-corrected chi connectivity index (χ0v) is 19.0. The number of hydrogen-bond acceptors (Lipinski definition) is 3. The number of halogens is 1. The Hall–Kier alpha value is -2.05. The van der Waals surface area contributed by atoms with Crippen molar-refractivity contribution in [1.29, 1.82) is 0 Å². The van der Waals surface area contributed by atoms with Gasteiger partial charge in [0.25, 0.3) is 0 Å². The van der Waals surface area contributed by atoms with E-state index in [4.69, 9.17) is 11.6 Å². The Labute approximate surface area is 179 Å². The highest BCUT2D eigenvalue weighted by atomic mass is 35.5. The smallest absolute Gasteiger partial charge is 0.243 e. The third kappa shape index (κ3) is 6.47. The van der Waals surface area contributed by atoms with E-state index < -0.39 is 16.1 Å². The lowest BCUT2D eigenvalue weighted by Crippen LogP contribution is -2.49. The van der Waals surface area contributed by atoms with Crippen molar-refractivity contribution in [1.82, 2.24) is 5.32 Å². The van der Waals surface area contributed by atoms with Gasteiger partial charge < -0.3 is 5.32 Å². The second kappa shape index (κ2) is 10.1. The van der Waals surface area contributed by atoms with Crippen LogP contribution in [0.2, 0.25) is 5.02 Å². The number of aryl methyl sites for hydroxylation is 3. The molecule has 7 heteroatoms. The van der Waals surface area contributed by atoms with Crippen molar-refractivity contribution in [3.05, 3.63) is 64.2 Å². The Morgan fingerprint density at radius 3 is 2.34 bits per heavy atom. The molecule has 0 aliphatic rings. The summed E-state index contributed by atoms with van der Waals surface area (Å²) in [4.78, 5) is 12.8. The molecular weight excluding hydrogens is 408 g/mol. The second-order valence-electron chi connectivity index (χ2n) is 7.30. The van der Waals surface area contributed by atoms with Crippen LogP contribution in [0.4, 0.5) is 5.69 Å². The van der Waals surface area contributed by atoms with Crippen molar-refractivity contribution in [2.75, 3.05) is 17.1 Å². The highest BCUT2D eigenvalue weighted by molar-refractivity contribution is 7.92. The minimum Gasteiger partial charge on any atom is -0.354 e. The van der Waals surface area contributed by atoms with Gasteiger partial charge in [-0.1, -0.05) is 54.4 Å². The lowest BCUT2D eigenvalue weighted by molar-refractivity contribution is -0.122. The van der Waals surface area contributed by atoms with E-state index in [0.29, 0.717) is 23.7 Å². The number of carbonyl (C=O) groups is 1. The van der Waals surface area contributed by atoms with Gasteiger partial charge in [-0.15, -0.1) is 0 Å². The monoisotopic (exact) mass is 436 g/mol. The van der Waals surface area contributed by atoms with Crippen LogP contribution in [-0.2, 0) is 21.2 Å². The zero-order chi connectivity index (χ0) is 21.6. The molecule has 0 saturated carbocycles. The lowest BCUT2D eigenvalue weighted by atomic mass is 10.1. The number of hydrogen-bond donors (Lipinski definition) is 1. The van der Waals surface area contributed by atoms with Gasteiger partial charge in [0, 0.05) is 11.6 Å². The fourth-order valence-electron chi connectivity index (χ4n) is 3.16. The SMILES string of the molecule is CC[C@H](C(=O)NCCCc1ccc(C)cc1)N(c1ccc(C)c(Cl)c1)S(C)(=O)=O. The molecule has 2 aromatic rings. The van der Waals surface area contributed by atoms with Crippen LogP contribution in [0.15, 0.2) is 42.5 Å². The van der Waals surface area contributed by atoms with Crippen LogP contribution in [0.1, 0.15) is 36.5 Å². The highest BCUT2D eigenvalue weighted by Gasteiger charge is 2.31. The Morgan fingerprint density at radius 2 is 1.79 bits per heavy atom. The Kier molecular flexibility index (Phi) is 8.11. The second-order valence-corrected chi connectivity index (χ2v) is 9.56. The molecule has 0 radical (unpaired) electrons. The van der Waals surface area contributed by atoms with Crippen molar-refractivity contribution in [3.63, 3.8) is 0 Å². The predicted molar refractivity (Wildman–Crippen MR) is 120 cm³/mol. The summed E-state index contributed by atoms with van der Waals surface area (Å²) in [6, 6.07) is 12.5. The number of amides is 1. The molecule has 0 aliphatic heterocycles. The minimum absolute atomic E-state index is 0.307. The van der Waals surface area contributed by atoms with Crippen LogP contribution in [0.3, 0.4) is 0 Å². The van der Waals surface area contributed by atoms with Crippen LogP contribution in [0.25, 0.3) is 0 Å². The van der Waals surface area contributed by atoms with E-state index in [9.17, 15) is 13.2 Å². The van der Waals surface area contributed by atoms with Gasteiger partial charge in [-0.3, -0.25) is 9.10 Å². The summed E-state index contributed by atoms with van der Waals surface area (Å²) in [7, 11) is -3.67. The molecular formula is C22H29ClN2O3S. The van der Waals surface area contributed by atoms with Gasteiger partial charge >= 0.3 is 0 Å². The Bertz CT molecular complexity index is 943. The molecule has 0 bridgehead atoms. The van der Waals surface area contributed by atoms with Crippen molar-refractivity contribution in [2.45, 2.75) is 46.1 Å². The molecule has 1 N–H and O–H groups in total. The lowest BCUT2D eigenvalue weighted by Gasteiger charge is -2.30. The molecule has 5 nitrogen and oxygen atoms in total. The molecule has 0 fully saturated rings. The molecule has 0 aliphatic carbocycles. The van der Waals surface area contributed by atoms with Gasteiger partial charge in [0.1, 0.15) is 6.04 Å². The topological polar surface area (TPSA) is 66.5 Å². The number of carbonyl (C=O) groups excluding carboxylic acids is 1. The van der Waals surface area contributed by atoms with Gasteiger partial charge in [-0.05, 0) is 56.4 Å². The number of benzene rings is 2. The Balaban J connectivity index is 2.07. The first-order valence-corrected chi connectivity index (χ1v) is 11.9. The summed E-state index contributed by atoms with van der Waals surface area (Å²) in [6.45, 7) is 6.17. The summed E-state index contributed by atoms with van der Waals surface area (Å²) in [6.07, 6.45) is 3.08. The maximum atomic E-state index is 12.8. The third-order valence-corrected chi connectivity index (χ3v) is 6.39. The number of sulfonamides is 1. The fourth-order valence-corrected chi connectivity index (χ4v) is 4.53. The molecule has 29 heavy (non-hydrogen) atoms. The van der Waals surface area contributed by atoms with Crippen molar-refractivity contribution in [2.24, 2.45) is 0 Å². The van der Waals surface area contributed by atoms with Gasteiger partial charge in [0.2, 0.25) is 15.9 Å². The van der Waals surface area contributed by atoms with Crippen LogP contribution >= 0.6 is 11.6 Å². The molecule has 0 spiro atoms. The van der Waals surface area contributed by atoms with Gasteiger partial charge in [0.15, 0.2) is 0 Å². The first-order chi connectivity index (χ1) is 13.6. The molecule has 158 valence electrons. The third-order valence-electron chi connectivity index (χ3n) is 4.80. The maximum absolute atomic E-state index is 12.8. The van der Waals surface area contributed by atoms with Crippen LogP contribution < -0.4 is 9.62 Å². The molecule has 0 aromatic heterocycles. The van der Waals surface area contributed by atoms with E-state index in [2.05, 4.69) is 29.6 Å². The summed E-state index contributed by atoms with van der Waals surface area (Å²) in [5.41, 5.74) is 3.66. The van der Waals surface area contributed by atoms with Crippen molar-refractivity contribution >= 4 is 33.2 Å². The summed E-state index contributed by atoms with van der Waals surface area (Å²) in [5.74, 6) is -0.307. The zero-order valence-electron chi connectivity index (χ0n) is 17.4. The van der Waals surface area contributed by atoms with E-state index in [0.717, 1.165) is 29.0 Å². The van der Waals surface area contributed by atoms with Gasteiger partial charge in [-0.2, -0.15) is 0 Å². The average molecular weight is 437 g/mol. The number of anilines is 1. The summed E-state index contributed by atoms with van der Waals surface area (Å²) >= 11 is 6.18. The van der Waals surface area contributed by atoms with E-state index in [-0.39, 0.29) is 5.91 Å². The molecule has 0 saturated heterocycles. The first kappa shape index (κ1) is 23.2. The van der Waals surface area contributed by atoms with E-state index in [1.54, 1.807) is 25.1 Å². The molecule has 0 unspecified atom stereocenters. The normalized spacial score (nSPS) is 12.4. The number of nitrogens with one attached hydrogen (secondary N) is 1. The molecule has 1 atom stereocenters. The van der Waals surface area contributed by atoms with E-state index >= 15 is 0 Å². The van der Waals surface area contributed by atoms with Crippen molar-refractivity contribution < 1.29 is 13.2 Å². The fraction of sp³-hybridized carbons (Fsp3) is 0.409. The largest absolute Gasteiger partial charge is 0.354 e. The molecule has 2 rings (SSSR count). The van der Waals surface area contributed by atoms with E-state index in [1.807, 2.05) is 13.8 Å².